The van der Waals surface area contributed by atoms with Gasteiger partial charge in [0.05, 0.1) is 20.1 Å². The largest absolute Gasteiger partial charge is 0.497 e. The van der Waals surface area contributed by atoms with Gasteiger partial charge in [-0.2, -0.15) is 0 Å². The number of carboxylic acids is 1. The van der Waals surface area contributed by atoms with E-state index in [4.69, 9.17) is 9.47 Å². The summed E-state index contributed by atoms with van der Waals surface area (Å²) in [5.41, 5.74) is 2.79. The lowest BCUT2D eigenvalue weighted by atomic mass is 9.88. The number of hydrogen-bond acceptors (Lipinski definition) is 5. The van der Waals surface area contributed by atoms with E-state index in [1.54, 1.807) is 19.5 Å². The molecule has 8 nitrogen and oxygen atoms in total. The van der Waals surface area contributed by atoms with E-state index in [1.807, 2.05) is 48.7 Å². The van der Waals surface area contributed by atoms with Gasteiger partial charge in [0.25, 0.3) is 0 Å². The van der Waals surface area contributed by atoms with Crippen LogP contribution in [0.4, 0.5) is 5.95 Å². The highest BCUT2D eigenvalue weighted by atomic mass is 16.5. The quantitative estimate of drug-likeness (QED) is 0.261. The molecule has 0 saturated heterocycles. The maximum Gasteiger partial charge on any atom is 0.304 e. The molecule has 2 heterocycles. The second kappa shape index (κ2) is 9.91. The van der Waals surface area contributed by atoms with Crippen molar-refractivity contribution in [3.8, 4) is 11.5 Å². The fraction of sp³-hybridized carbons (Fsp3) is 0.250. The number of benzene rings is 2. The number of nitrogens with one attached hydrogen (secondary N) is 3. The van der Waals surface area contributed by atoms with Crippen molar-refractivity contribution in [3.05, 3.63) is 72.2 Å². The molecule has 32 heavy (non-hydrogen) atoms. The van der Waals surface area contributed by atoms with E-state index in [9.17, 15) is 9.90 Å². The molecular formula is C24H26N4O4. The van der Waals surface area contributed by atoms with Crippen LogP contribution in [0.1, 0.15) is 29.9 Å². The number of ether oxygens (including phenoxy) is 2. The van der Waals surface area contributed by atoms with Gasteiger partial charge in [-0.15, -0.1) is 0 Å². The number of fused-ring (bicyclic) bond motifs is 1. The molecule has 0 aliphatic heterocycles. The Morgan fingerprint density at radius 3 is 2.69 bits per heavy atom. The summed E-state index contributed by atoms with van der Waals surface area (Å²) in [5, 5.41) is 13.7. The molecule has 1 atom stereocenters. The number of nitrogens with zero attached hydrogens (tertiary/aromatic N) is 1. The van der Waals surface area contributed by atoms with Crippen LogP contribution in [0.25, 0.3) is 10.9 Å². The molecule has 166 valence electrons. The topological polar surface area (TPSA) is 112 Å². The molecule has 0 bridgehead atoms. The number of imidazole rings is 1. The highest BCUT2D eigenvalue weighted by molar-refractivity contribution is 5.86. The summed E-state index contributed by atoms with van der Waals surface area (Å²) in [6.07, 6.45) is 6.19. The van der Waals surface area contributed by atoms with Crippen LogP contribution in [-0.4, -0.2) is 46.3 Å². The molecule has 1 unspecified atom stereocenters. The van der Waals surface area contributed by atoms with Crippen molar-refractivity contribution in [2.24, 2.45) is 0 Å². The lowest BCUT2D eigenvalue weighted by molar-refractivity contribution is -0.137. The molecule has 0 aliphatic carbocycles. The van der Waals surface area contributed by atoms with Gasteiger partial charge < -0.3 is 29.9 Å². The Morgan fingerprint density at radius 2 is 1.97 bits per heavy atom. The van der Waals surface area contributed by atoms with Crippen molar-refractivity contribution in [1.82, 2.24) is 15.0 Å². The number of carboxylic acid groups (broad SMARTS) is 1. The van der Waals surface area contributed by atoms with E-state index in [-0.39, 0.29) is 12.3 Å². The Morgan fingerprint density at radius 1 is 1.16 bits per heavy atom. The molecule has 0 radical (unpaired) electrons. The fourth-order valence-corrected chi connectivity index (χ4v) is 3.75. The minimum absolute atomic E-state index is 0.000201. The third kappa shape index (κ3) is 5.03. The predicted molar refractivity (Wildman–Crippen MR) is 123 cm³/mol. The van der Waals surface area contributed by atoms with Crippen LogP contribution in [-0.2, 0) is 4.79 Å². The number of carbonyl (C=O) groups is 1. The molecule has 8 heteroatoms. The minimum atomic E-state index is -0.844. The number of anilines is 1. The van der Waals surface area contributed by atoms with Crippen molar-refractivity contribution in [2.45, 2.75) is 18.8 Å². The van der Waals surface area contributed by atoms with Gasteiger partial charge in [-0.25, -0.2) is 4.98 Å². The number of aromatic amines is 2. The zero-order chi connectivity index (χ0) is 22.3. The van der Waals surface area contributed by atoms with E-state index < -0.39 is 5.97 Å². The van der Waals surface area contributed by atoms with E-state index in [0.29, 0.717) is 6.61 Å². The minimum Gasteiger partial charge on any atom is -0.497 e. The van der Waals surface area contributed by atoms with Crippen molar-refractivity contribution in [3.63, 3.8) is 0 Å². The molecule has 2 aromatic carbocycles. The standard InChI is InChI=1S/C24H26N4O4/c1-31-17-5-3-16(4-6-17)20(14-23(29)30)21-15-28-22-13-18(7-8-19(21)22)32-12-2-9-25-24-26-10-11-27-24/h3-8,10-11,13,15,20,28H,2,9,12,14H2,1H3,(H,29,30)(H2,25,26,27). The van der Waals surface area contributed by atoms with E-state index in [1.165, 1.54) is 0 Å². The first-order chi connectivity index (χ1) is 15.6. The SMILES string of the molecule is COc1ccc(C(CC(=O)O)c2c[nH]c3cc(OCCCNc4ncc[nH]4)ccc23)cc1. The normalized spacial score (nSPS) is 11.9. The summed E-state index contributed by atoms with van der Waals surface area (Å²) < 4.78 is 11.1. The second-order valence-corrected chi connectivity index (χ2v) is 7.44. The van der Waals surface area contributed by atoms with Crippen LogP contribution in [0, 0.1) is 0 Å². The third-order valence-corrected chi connectivity index (χ3v) is 5.34. The Kier molecular flexibility index (Phi) is 6.60. The Hall–Kier alpha value is -3.94. The first kappa shape index (κ1) is 21.3. The lowest BCUT2D eigenvalue weighted by Crippen LogP contribution is -2.08. The summed E-state index contributed by atoms with van der Waals surface area (Å²) in [6, 6.07) is 13.4. The van der Waals surface area contributed by atoms with Crippen molar-refractivity contribution >= 4 is 22.8 Å². The maximum absolute atomic E-state index is 11.6. The zero-order valence-corrected chi connectivity index (χ0v) is 17.8. The van der Waals surface area contributed by atoms with Crippen molar-refractivity contribution in [1.29, 1.82) is 0 Å². The number of methoxy groups -OCH3 is 1. The van der Waals surface area contributed by atoms with Crippen molar-refractivity contribution in [2.75, 3.05) is 25.6 Å². The molecular weight excluding hydrogens is 408 g/mol. The molecule has 0 spiro atoms. The highest BCUT2D eigenvalue weighted by Gasteiger charge is 2.21. The van der Waals surface area contributed by atoms with Crippen LogP contribution in [0.5, 0.6) is 11.5 Å². The Balaban J connectivity index is 1.45. The second-order valence-electron chi connectivity index (χ2n) is 7.44. The van der Waals surface area contributed by atoms with Crippen molar-refractivity contribution < 1.29 is 19.4 Å². The fourth-order valence-electron chi connectivity index (χ4n) is 3.75. The maximum atomic E-state index is 11.6. The molecule has 0 amide bonds. The Labute approximate surface area is 185 Å². The monoisotopic (exact) mass is 434 g/mol. The van der Waals surface area contributed by atoms with Crippen LogP contribution in [0.2, 0.25) is 0 Å². The van der Waals surface area contributed by atoms with Crippen LogP contribution in [0.15, 0.2) is 61.1 Å². The predicted octanol–water partition coefficient (Wildman–Crippen LogP) is 4.39. The van der Waals surface area contributed by atoms with Crippen LogP contribution >= 0.6 is 0 Å². The molecule has 0 saturated carbocycles. The van der Waals surface area contributed by atoms with E-state index in [2.05, 4.69) is 20.3 Å². The highest BCUT2D eigenvalue weighted by Crippen LogP contribution is 2.35. The molecule has 0 aliphatic rings. The average Bonchev–Trinajstić information content (AvgIpc) is 3.47. The summed E-state index contributed by atoms with van der Waals surface area (Å²) in [7, 11) is 1.61. The van der Waals surface area contributed by atoms with Gasteiger partial charge in [-0.3, -0.25) is 4.79 Å². The number of rotatable bonds is 11. The number of aromatic nitrogens is 3. The van der Waals surface area contributed by atoms with Gasteiger partial charge in [-0.05, 0) is 41.8 Å². The summed E-state index contributed by atoms with van der Waals surface area (Å²) >= 11 is 0. The summed E-state index contributed by atoms with van der Waals surface area (Å²) in [5.74, 6) is 1.14. The molecule has 2 aromatic heterocycles. The van der Waals surface area contributed by atoms with Gasteiger partial charge in [0.15, 0.2) is 5.95 Å². The summed E-state index contributed by atoms with van der Waals surface area (Å²) in [6.45, 7) is 1.32. The average molecular weight is 434 g/mol. The van der Waals surface area contributed by atoms with Gasteiger partial charge in [-0.1, -0.05) is 12.1 Å². The summed E-state index contributed by atoms with van der Waals surface area (Å²) in [4.78, 5) is 22.0. The zero-order valence-electron chi connectivity index (χ0n) is 17.8. The van der Waals surface area contributed by atoms with Gasteiger partial charge >= 0.3 is 5.97 Å². The van der Waals surface area contributed by atoms with Crippen LogP contribution in [0.3, 0.4) is 0 Å². The lowest BCUT2D eigenvalue weighted by Gasteiger charge is -2.16. The molecule has 4 rings (SSSR count). The Bertz CT molecular complexity index is 1150. The third-order valence-electron chi connectivity index (χ3n) is 5.34. The molecule has 4 N–H and O–H groups in total. The number of aliphatic carboxylic acids is 1. The molecule has 0 fully saturated rings. The van der Waals surface area contributed by atoms with Gasteiger partial charge in [0.2, 0.25) is 0 Å². The number of hydrogen-bond donors (Lipinski definition) is 4. The smallest absolute Gasteiger partial charge is 0.304 e. The first-order valence-electron chi connectivity index (χ1n) is 10.5. The van der Waals surface area contributed by atoms with E-state index >= 15 is 0 Å². The van der Waals surface area contributed by atoms with Crippen LogP contribution < -0.4 is 14.8 Å². The van der Waals surface area contributed by atoms with Gasteiger partial charge in [0, 0.05) is 48.0 Å². The first-order valence-corrected chi connectivity index (χ1v) is 10.5. The van der Waals surface area contributed by atoms with E-state index in [0.717, 1.165) is 52.4 Å². The van der Waals surface area contributed by atoms with Gasteiger partial charge in [0.1, 0.15) is 11.5 Å². The molecule has 4 aromatic rings. The number of H-pyrrole nitrogens is 2.